The van der Waals surface area contributed by atoms with Crippen molar-refractivity contribution in [3.8, 4) is 0 Å². The Hall–Kier alpha value is -1.16. The largest absolute Gasteiger partial charge is 0.336 e. The number of carbonyl (C=O) groups is 1. The third kappa shape index (κ3) is 3.30. The van der Waals surface area contributed by atoms with E-state index in [9.17, 15) is 4.79 Å². The maximum Gasteiger partial charge on any atom is 0.319 e. The standard InChI is InChI=1S/C10H14N2OS/c1-7(2)11-10(13)12-8-5-3-4-6-9(8)14/h3-7,14H,1-2H3,(H2,11,12,13). The maximum absolute atomic E-state index is 11.3. The Morgan fingerprint density at radius 1 is 1.36 bits per heavy atom. The highest BCUT2D eigenvalue weighted by molar-refractivity contribution is 7.80. The van der Waals surface area contributed by atoms with Crippen molar-refractivity contribution in [1.29, 1.82) is 0 Å². The minimum atomic E-state index is -0.207. The molecule has 0 heterocycles. The van der Waals surface area contributed by atoms with Crippen LogP contribution in [0.15, 0.2) is 29.2 Å². The molecule has 1 rings (SSSR count). The summed E-state index contributed by atoms with van der Waals surface area (Å²) in [7, 11) is 0. The highest BCUT2D eigenvalue weighted by Gasteiger charge is 2.04. The van der Waals surface area contributed by atoms with Crippen molar-refractivity contribution in [1.82, 2.24) is 5.32 Å². The summed E-state index contributed by atoms with van der Waals surface area (Å²) in [5.41, 5.74) is 0.717. The van der Waals surface area contributed by atoms with Crippen LogP contribution >= 0.6 is 12.6 Å². The lowest BCUT2D eigenvalue weighted by atomic mass is 10.3. The first-order chi connectivity index (χ1) is 6.59. The van der Waals surface area contributed by atoms with Crippen molar-refractivity contribution in [2.75, 3.05) is 5.32 Å². The molecule has 0 bridgehead atoms. The van der Waals surface area contributed by atoms with Gasteiger partial charge in [-0.3, -0.25) is 0 Å². The molecule has 0 spiro atoms. The van der Waals surface area contributed by atoms with Gasteiger partial charge < -0.3 is 10.6 Å². The summed E-state index contributed by atoms with van der Waals surface area (Å²) in [4.78, 5) is 12.1. The van der Waals surface area contributed by atoms with Crippen molar-refractivity contribution in [3.63, 3.8) is 0 Å². The van der Waals surface area contributed by atoms with Gasteiger partial charge in [-0.1, -0.05) is 12.1 Å². The number of hydrogen-bond donors (Lipinski definition) is 3. The van der Waals surface area contributed by atoms with Crippen LogP contribution < -0.4 is 10.6 Å². The van der Waals surface area contributed by atoms with E-state index < -0.39 is 0 Å². The van der Waals surface area contributed by atoms with Gasteiger partial charge in [0.15, 0.2) is 0 Å². The number of rotatable bonds is 2. The second kappa shape index (κ2) is 4.91. The second-order valence-corrected chi connectivity index (χ2v) is 3.75. The fraction of sp³-hybridized carbons (Fsp3) is 0.300. The van der Waals surface area contributed by atoms with Gasteiger partial charge in [-0.2, -0.15) is 0 Å². The molecular formula is C10H14N2OS. The molecule has 76 valence electrons. The van der Waals surface area contributed by atoms with Gasteiger partial charge in [0.2, 0.25) is 0 Å². The first-order valence-electron chi connectivity index (χ1n) is 4.45. The molecule has 1 aromatic rings. The predicted molar refractivity (Wildman–Crippen MR) is 61.0 cm³/mol. The first kappa shape index (κ1) is 10.9. The predicted octanol–water partition coefficient (Wildman–Crippen LogP) is 2.51. The molecule has 0 aliphatic heterocycles. The fourth-order valence-corrected chi connectivity index (χ4v) is 1.22. The lowest BCUT2D eigenvalue weighted by Gasteiger charge is -2.11. The molecular weight excluding hydrogens is 196 g/mol. The number of urea groups is 1. The van der Waals surface area contributed by atoms with Crippen LogP contribution in [0, 0.1) is 0 Å². The van der Waals surface area contributed by atoms with E-state index in [1.54, 1.807) is 0 Å². The monoisotopic (exact) mass is 210 g/mol. The zero-order valence-corrected chi connectivity index (χ0v) is 9.14. The van der Waals surface area contributed by atoms with Crippen LogP contribution in [-0.4, -0.2) is 12.1 Å². The lowest BCUT2D eigenvalue weighted by Crippen LogP contribution is -2.34. The van der Waals surface area contributed by atoms with Crippen LogP contribution in [0.25, 0.3) is 0 Å². The molecule has 0 aromatic heterocycles. The quantitative estimate of drug-likeness (QED) is 0.645. The molecule has 2 N–H and O–H groups in total. The number of benzene rings is 1. The zero-order valence-electron chi connectivity index (χ0n) is 8.24. The first-order valence-corrected chi connectivity index (χ1v) is 4.90. The Bertz CT molecular complexity index is 326. The van der Waals surface area contributed by atoms with Gasteiger partial charge in [0.1, 0.15) is 0 Å². The molecule has 14 heavy (non-hydrogen) atoms. The minimum absolute atomic E-state index is 0.127. The van der Waals surface area contributed by atoms with Crippen LogP contribution in [0.2, 0.25) is 0 Å². The highest BCUT2D eigenvalue weighted by atomic mass is 32.1. The average Bonchev–Trinajstić information content (AvgIpc) is 2.07. The van der Waals surface area contributed by atoms with Crippen LogP contribution in [0.1, 0.15) is 13.8 Å². The van der Waals surface area contributed by atoms with E-state index in [4.69, 9.17) is 0 Å². The molecule has 1 aromatic carbocycles. The number of hydrogen-bond acceptors (Lipinski definition) is 2. The molecule has 0 unspecified atom stereocenters. The smallest absolute Gasteiger partial charge is 0.319 e. The summed E-state index contributed by atoms with van der Waals surface area (Å²) in [6, 6.07) is 7.28. The van der Waals surface area contributed by atoms with E-state index >= 15 is 0 Å². The summed E-state index contributed by atoms with van der Waals surface area (Å²) in [6.45, 7) is 3.82. The third-order valence-electron chi connectivity index (χ3n) is 1.57. The highest BCUT2D eigenvalue weighted by Crippen LogP contribution is 2.18. The summed E-state index contributed by atoms with van der Waals surface area (Å²) in [6.07, 6.45) is 0. The number of thiol groups is 1. The van der Waals surface area contributed by atoms with Crippen molar-refractivity contribution in [2.24, 2.45) is 0 Å². The van der Waals surface area contributed by atoms with Crippen LogP contribution in [-0.2, 0) is 0 Å². The Morgan fingerprint density at radius 2 is 2.00 bits per heavy atom. The van der Waals surface area contributed by atoms with E-state index in [2.05, 4.69) is 23.3 Å². The van der Waals surface area contributed by atoms with E-state index in [1.807, 2.05) is 38.1 Å². The van der Waals surface area contributed by atoms with Gasteiger partial charge in [0.05, 0.1) is 5.69 Å². The van der Waals surface area contributed by atoms with Gasteiger partial charge in [0.25, 0.3) is 0 Å². The van der Waals surface area contributed by atoms with Crippen LogP contribution in [0.5, 0.6) is 0 Å². The van der Waals surface area contributed by atoms with E-state index in [0.29, 0.717) is 5.69 Å². The fourth-order valence-electron chi connectivity index (χ4n) is 1.000. The van der Waals surface area contributed by atoms with Gasteiger partial charge in [0, 0.05) is 10.9 Å². The molecule has 0 saturated carbocycles. The van der Waals surface area contributed by atoms with Gasteiger partial charge in [-0.15, -0.1) is 12.6 Å². The topological polar surface area (TPSA) is 41.1 Å². The number of para-hydroxylation sites is 1. The Morgan fingerprint density at radius 3 is 2.57 bits per heavy atom. The Balaban J connectivity index is 2.61. The number of anilines is 1. The lowest BCUT2D eigenvalue weighted by molar-refractivity contribution is 0.250. The molecule has 0 radical (unpaired) electrons. The molecule has 0 saturated heterocycles. The summed E-state index contributed by atoms with van der Waals surface area (Å²) in [5.74, 6) is 0. The van der Waals surface area contributed by atoms with Gasteiger partial charge in [-0.25, -0.2) is 4.79 Å². The minimum Gasteiger partial charge on any atom is -0.336 e. The molecule has 0 aliphatic rings. The van der Waals surface area contributed by atoms with Crippen LogP contribution in [0.3, 0.4) is 0 Å². The molecule has 4 heteroatoms. The van der Waals surface area contributed by atoms with E-state index in [0.717, 1.165) is 4.90 Å². The summed E-state index contributed by atoms with van der Waals surface area (Å²) in [5, 5.41) is 5.45. The third-order valence-corrected chi connectivity index (χ3v) is 1.96. The van der Waals surface area contributed by atoms with Crippen molar-refractivity contribution in [3.05, 3.63) is 24.3 Å². The maximum atomic E-state index is 11.3. The SMILES string of the molecule is CC(C)NC(=O)Nc1ccccc1S. The summed E-state index contributed by atoms with van der Waals surface area (Å²) < 4.78 is 0. The van der Waals surface area contributed by atoms with E-state index in [1.165, 1.54) is 0 Å². The Kier molecular flexibility index (Phi) is 3.83. The van der Waals surface area contributed by atoms with E-state index in [-0.39, 0.29) is 12.1 Å². The van der Waals surface area contributed by atoms with Crippen molar-refractivity contribution >= 4 is 24.3 Å². The molecule has 0 fully saturated rings. The van der Waals surface area contributed by atoms with Gasteiger partial charge in [-0.05, 0) is 26.0 Å². The second-order valence-electron chi connectivity index (χ2n) is 3.27. The number of nitrogens with one attached hydrogen (secondary N) is 2. The molecule has 3 nitrogen and oxygen atoms in total. The van der Waals surface area contributed by atoms with Crippen LogP contribution in [0.4, 0.5) is 10.5 Å². The molecule has 2 amide bonds. The number of amides is 2. The van der Waals surface area contributed by atoms with Crippen molar-refractivity contribution in [2.45, 2.75) is 24.8 Å². The molecule has 0 atom stereocenters. The summed E-state index contributed by atoms with van der Waals surface area (Å²) >= 11 is 4.22. The molecule has 0 aliphatic carbocycles. The van der Waals surface area contributed by atoms with Gasteiger partial charge >= 0.3 is 6.03 Å². The average molecular weight is 210 g/mol. The zero-order chi connectivity index (χ0) is 10.6. The normalized spacial score (nSPS) is 10.0. The Labute approximate surface area is 89.3 Å². The van der Waals surface area contributed by atoms with Crippen molar-refractivity contribution < 1.29 is 4.79 Å². The number of carbonyl (C=O) groups excluding carboxylic acids is 1.